The Balaban J connectivity index is 1.30. The molecule has 0 unspecified atom stereocenters. The van der Waals surface area contributed by atoms with Crippen molar-refractivity contribution in [3.8, 4) is 0 Å². The normalized spacial score (nSPS) is 17.7. The molecule has 172 valence electrons. The van der Waals surface area contributed by atoms with Gasteiger partial charge in [0.2, 0.25) is 5.13 Å². The van der Waals surface area contributed by atoms with E-state index in [2.05, 4.69) is 25.4 Å². The number of amides is 2. The monoisotopic (exact) mass is 458 g/mol. The first-order valence-electron chi connectivity index (χ1n) is 11.4. The van der Waals surface area contributed by atoms with E-state index in [1.165, 1.54) is 43.4 Å². The molecule has 2 fully saturated rings. The van der Waals surface area contributed by atoms with Crippen molar-refractivity contribution in [1.29, 1.82) is 0 Å². The van der Waals surface area contributed by atoms with Crippen LogP contribution in [0.15, 0.2) is 18.3 Å². The van der Waals surface area contributed by atoms with Crippen LogP contribution in [0.1, 0.15) is 66.7 Å². The van der Waals surface area contributed by atoms with Crippen LogP contribution in [0.2, 0.25) is 0 Å². The number of aromatic nitrogens is 3. The maximum atomic E-state index is 12.8. The van der Waals surface area contributed by atoms with Crippen molar-refractivity contribution in [2.45, 2.75) is 51.4 Å². The first-order chi connectivity index (χ1) is 15.6. The number of anilines is 2. The molecule has 2 aromatic rings. The number of carbonyl (C=O) groups excluding carboxylic acids is 2. The summed E-state index contributed by atoms with van der Waals surface area (Å²) in [5.41, 5.74) is 0.441. The molecule has 4 rings (SSSR count). The average molecular weight is 459 g/mol. The predicted molar refractivity (Wildman–Crippen MR) is 123 cm³/mol. The summed E-state index contributed by atoms with van der Waals surface area (Å²) >= 11 is 1.50. The molecule has 1 saturated heterocycles. The van der Waals surface area contributed by atoms with E-state index in [9.17, 15) is 9.59 Å². The molecule has 1 N–H and O–H groups in total. The van der Waals surface area contributed by atoms with Gasteiger partial charge in [-0.2, -0.15) is 0 Å². The van der Waals surface area contributed by atoms with E-state index in [0.717, 1.165) is 23.8 Å². The van der Waals surface area contributed by atoms with Crippen LogP contribution in [0.5, 0.6) is 0 Å². The van der Waals surface area contributed by atoms with E-state index >= 15 is 0 Å². The van der Waals surface area contributed by atoms with E-state index < -0.39 is 0 Å². The van der Waals surface area contributed by atoms with Gasteiger partial charge in [-0.3, -0.25) is 5.32 Å². The molecule has 9 nitrogen and oxygen atoms in total. The van der Waals surface area contributed by atoms with E-state index in [4.69, 9.17) is 4.74 Å². The van der Waals surface area contributed by atoms with E-state index in [-0.39, 0.29) is 12.0 Å². The summed E-state index contributed by atoms with van der Waals surface area (Å²) in [7, 11) is 0. The van der Waals surface area contributed by atoms with Gasteiger partial charge in [-0.15, -0.1) is 10.2 Å². The number of rotatable bonds is 5. The van der Waals surface area contributed by atoms with Crippen LogP contribution in [0.3, 0.4) is 0 Å². The van der Waals surface area contributed by atoms with Crippen molar-refractivity contribution in [2.75, 3.05) is 43.0 Å². The fraction of sp³-hybridized carbons (Fsp3) is 0.591. The summed E-state index contributed by atoms with van der Waals surface area (Å²) in [6.45, 7) is 4.82. The quantitative estimate of drug-likeness (QED) is 0.678. The molecule has 10 heteroatoms. The fourth-order valence-corrected chi connectivity index (χ4v) is 5.13. The first-order valence-corrected chi connectivity index (χ1v) is 12.2. The minimum Gasteiger partial charge on any atom is -0.462 e. The second kappa shape index (κ2) is 10.7. The molecule has 1 aliphatic heterocycles. The van der Waals surface area contributed by atoms with Crippen LogP contribution in [0.4, 0.5) is 15.7 Å². The Bertz CT molecular complexity index is 913. The molecule has 1 aliphatic carbocycles. The van der Waals surface area contributed by atoms with Crippen molar-refractivity contribution in [1.82, 2.24) is 20.1 Å². The summed E-state index contributed by atoms with van der Waals surface area (Å²) in [6, 6.07) is 3.43. The van der Waals surface area contributed by atoms with Gasteiger partial charge >= 0.3 is 12.0 Å². The zero-order chi connectivity index (χ0) is 22.3. The number of nitrogens with one attached hydrogen (secondary N) is 1. The minimum atomic E-state index is -0.367. The van der Waals surface area contributed by atoms with E-state index in [1.54, 1.807) is 19.2 Å². The van der Waals surface area contributed by atoms with Crippen LogP contribution >= 0.6 is 11.3 Å². The number of esters is 1. The minimum absolute atomic E-state index is 0.135. The molecule has 0 atom stereocenters. The maximum absolute atomic E-state index is 12.8. The Morgan fingerprint density at radius 1 is 1.09 bits per heavy atom. The van der Waals surface area contributed by atoms with Gasteiger partial charge in [-0.25, -0.2) is 14.6 Å². The molecule has 0 radical (unpaired) electrons. The number of ether oxygens (including phenoxy) is 1. The van der Waals surface area contributed by atoms with Crippen LogP contribution in [-0.4, -0.2) is 64.9 Å². The highest BCUT2D eigenvalue weighted by Crippen LogP contribution is 2.35. The lowest BCUT2D eigenvalue weighted by Crippen LogP contribution is -2.38. The molecule has 3 heterocycles. The molecule has 32 heavy (non-hydrogen) atoms. The highest BCUT2D eigenvalue weighted by atomic mass is 32.1. The number of carbonyl (C=O) groups is 2. The summed E-state index contributed by atoms with van der Waals surface area (Å²) in [4.78, 5) is 33.0. The molecule has 2 aromatic heterocycles. The number of pyridine rings is 1. The van der Waals surface area contributed by atoms with Gasteiger partial charge in [0.1, 0.15) is 10.8 Å². The lowest BCUT2D eigenvalue weighted by atomic mass is 9.90. The number of nitrogens with zero attached hydrogens (tertiary/aromatic N) is 5. The molecular formula is C22H30N6O3S. The second-order valence-electron chi connectivity index (χ2n) is 8.16. The highest BCUT2D eigenvalue weighted by molar-refractivity contribution is 7.15. The summed E-state index contributed by atoms with van der Waals surface area (Å²) in [5.74, 6) is 0.913. The zero-order valence-corrected chi connectivity index (χ0v) is 19.3. The highest BCUT2D eigenvalue weighted by Gasteiger charge is 2.23. The van der Waals surface area contributed by atoms with Crippen LogP contribution in [-0.2, 0) is 4.74 Å². The Labute approximate surface area is 192 Å². The topological polar surface area (TPSA) is 101 Å². The Morgan fingerprint density at radius 2 is 1.94 bits per heavy atom. The Morgan fingerprint density at radius 3 is 2.69 bits per heavy atom. The number of hydrogen-bond donors (Lipinski definition) is 1. The average Bonchev–Trinajstić information content (AvgIpc) is 3.14. The third-order valence-corrected chi connectivity index (χ3v) is 6.98. The SMILES string of the molecule is CCOC(=O)c1ccc(N2CCCN(C(=O)Nc3nnc(C4CCCCC4)s3)CC2)nc1. The predicted octanol–water partition coefficient (Wildman–Crippen LogP) is 3.90. The molecule has 2 aliphatic rings. The van der Waals surface area contributed by atoms with Crippen molar-refractivity contribution < 1.29 is 14.3 Å². The molecule has 0 spiro atoms. The smallest absolute Gasteiger partial charge is 0.339 e. The first kappa shape index (κ1) is 22.4. The van der Waals surface area contributed by atoms with Gasteiger partial charge in [0.25, 0.3) is 0 Å². The van der Waals surface area contributed by atoms with Crippen molar-refractivity contribution in [3.05, 3.63) is 28.9 Å². The largest absolute Gasteiger partial charge is 0.462 e. The number of urea groups is 1. The van der Waals surface area contributed by atoms with Crippen LogP contribution in [0, 0.1) is 0 Å². The lowest BCUT2D eigenvalue weighted by Gasteiger charge is -2.22. The van der Waals surface area contributed by atoms with Gasteiger partial charge in [0, 0.05) is 38.3 Å². The Hall–Kier alpha value is -2.75. The van der Waals surface area contributed by atoms with Gasteiger partial charge in [0.05, 0.1) is 12.2 Å². The van der Waals surface area contributed by atoms with Gasteiger partial charge in [-0.1, -0.05) is 30.6 Å². The molecule has 2 amide bonds. The van der Waals surface area contributed by atoms with E-state index in [0.29, 0.717) is 42.9 Å². The van der Waals surface area contributed by atoms with Crippen LogP contribution < -0.4 is 10.2 Å². The maximum Gasteiger partial charge on any atom is 0.339 e. The number of hydrogen-bond acceptors (Lipinski definition) is 8. The van der Waals surface area contributed by atoms with Crippen molar-refractivity contribution in [2.24, 2.45) is 0 Å². The summed E-state index contributed by atoms with van der Waals surface area (Å²) in [5, 5.41) is 13.1. The zero-order valence-electron chi connectivity index (χ0n) is 18.5. The van der Waals surface area contributed by atoms with Gasteiger partial charge in [0.15, 0.2) is 0 Å². The molecule has 0 bridgehead atoms. The lowest BCUT2D eigenvalue weighted by molar-refractivity contribution is 0.0526. The third-order valence-electron chi connectivity index (χ3n) is 5.98. The fourth-order valence-electron chi connectivity index (χ4n) is 4.23. The summed E-state index contributed by atoms with van der Waals surface area (Å²) < 4.78 is 5.01. The molecule has 1 saturated carbocycles. The standard InChI is InChI=1S/C22H30N6O3S/c1-2-31-20(29)17-9-10-18(23-15-17)27-11-6-12-28(14-13-27)22(30)24-21-26-25-19(32-21)16-7-4-3-5-8-16/h9-10,15-16H,2-8,11-14H2,1H3,(H,24,26,30). The molecule has 0 aromatic carbocycles. The van der Waals surface area contributed by atoms with Gasteiger partial charge < -0.3 is 14.5 Å². The second-order valence-corrected chi connectivity index (χ2v) is 9.17. The summed E-state index contributed by atoms with van der Waals surface area (Å²) in [6.07, 6.45) is 8.50. The van der Waals surface area contributed by atoms with Crippen molar-refractivity contribution in [3.63, 3.8) is 0 Å². The van der Waals surface area contributed by atoms with Gasteiger partial charge in [-0.05, 0) is 38.3 Å². The van der Waals surface area contributed by atoms with Crippen molar-refractivity contribution >= 4 is 34.3 Å². The Kier molecular flexibility index (Phi) is 7.51. The van der Waals surface area contributed by atoms with Crippen LogP contribution in [0.25, 0.3) is 0 Å². The molecular weight excluding hydrogens is 428 g/mol. The van der Waals surface area contributed by atoms with E-state index in [1.807, 2.05) is 11.0 Å². The third kappa shape index (κ3) is 5.53.